The third kappa shape index (κ3) is 3.70. The first-order valence-electron chi connectivity index (χ1n) is 6.74. The lowest BCUT2D eigenvalue weighted by Gasteiger charge is -2.09. The van der Waals surface area contributed by atoms with Gasteiger partial charge in [0, 0.05) is 17.4 Å². The molecule has 1 N–H and O–H groups in total. The Morgan fingerprint density at radius 3 is 2.35 bits per heavy atom. The van der Waals surface area contributed by atoms with Gasteiger partial charge in [-0.25, -0.2) is 0 Å². The Labute approximate surface area is 128 Å². The maximum Gasteiger partial charge on any atom is 0.251 e. The largest absolute Gasteiger partial charge is 0.348 e. The number of halogens is 1. The lowest BCUT2D eigenvalue weighted by molar-refractivity contribution is 0.0950. The number of hydrogen-bond acceptors (Lipinski definition) is 1. The number of carbonyl (C=O) groups is 1. The molecule has 0 atom stereocenters. The fourth-order valence-corrected chi connectivity index (χ4v) is 2.45. The van der Waals surface area contributed by atoms with Crippen LogP contribution in [0.2, 0.25) is 0 Å². The predicted molar refractivity (Wildman–Crippen MR) is 86.1 cm³/mol. The third-order valence-corrected chi connectivity index (χ3v) is 3.92. The fraction of sp³-hybridized carbons (Fsp3) is 0.235. The molecule has 2 nitrogen and oxygen atoms in total. The zero-order valence-electron chi connectivity index (χ0n) is 11.5. The monoisotopic (exact) mass is 331 g/mol. The van der Waals surface area contributed by atoms with Crippen LogP contribution in [-0.2, 0) is 18.3 Å². The van der Waals surface area contributed by atoms with Crippen LogP contribution in [0.4, 0.5) is 0 Å². The van der Waals surface area contributed by atoms with Crippen LogP contribution >= 0.6 is 15.9 Å². The van der Waals surface area contributed by atoms with Crippen molar-refractivity contribution in [2.45, 2.75) is 25.2 Å². The highest BCUT2D eigenvalue weighted by atomic mass is 79.9. The van der Waals surface area contributed by atoms with E-state index >= 15 is 0 Å². The van der Waals surface area contributed by atoms with E-state index in [1.165, 1.54) is 5.56 Å². The minimum absolute atomic E-state index is 0.00739. The van der Waals surface area contributed by atoms with Crippen molar-refractivity contribution in [1.29, 1.82) is 0 Å². The second-order valence-electron chi connectivity index (χ2n) is 4.64. The molecule has 0 heterocycles. The van der Waals surface area contributed by atoms with E-state index in [9.17, 15) is 4.79 Å². The number of carbonyl (C=O) groups excluding carboxylic acids is 1. The molecule has 3 heteroatoms. The summed E-state index contributed by atoms with van der Waals surface area (Å²) in [5.74, 6) is -0.00739. The van der Waals surface area contributed by atoms with Crippen LogP contribution in [-0.4, -0.2) is 5.91 Å². The van der Waals surface area contributed by atoms with Gasteiger partial charge in [-0.15, -0.1) is 0 Å². The Kier molecular flexibility index (Phi) is 5.36. The average Bonchev–Trinajstić information content (AvgIpc) is 2.53. The Bertz CT molecular complexity index is 578. The molecular formula is C17H18BrNO. The first kappa shape index (κ1) is 14.8. The van der Waals surface area contributed by atoms with Gasteiger partial charge in [-0.3, -0.25) is 4.79 Å². The normalized spacial score (nSPS) is 10.3. The summed E-state index contributed by atoms with van der Waals surface area (Å²) in [6, 6.07) is 16.0. The molecule has 104 valence electrons. The summed E-state index contributed by atoms with van der Waals surface area (Å²) in [7, 11) is 0. The van der Waals surface area contributed by atoms with E-state index in [-0.39, 0.29) is 5.91 Å². The van der Waals surface area contributed by atoms with Gasteiger partial charge in [-0.2, -0.15) is 0 Å². The van der Waals surface area contributed by atoms with Gasteiger partial charge < -0.3 is 5.32 Å². The molecule has 2 aromatic rings. The van der Waals surface area contributed by atoms with E-state index in [1.807, 2.05) is 36.4 Å². The Hall–Kier alpha value is -1.61. The number of alkyl halides is 1. The molecule has 0 unspecified atom stereocenters. The molecule has 0 spiro atoms. The summed E-state index contributed by atoms with van der Waals surface area (Å²) in [5.41, 5.74) is 4.19. The summed E-state index contributed by atoms with van der Waals surface area (Å²) < 4.78 is 0. The third-order valence-electron chi connectivity index (χ3n) is 3.27. The Balaban J connectivity index is 2.01. The second kappa shape index (κ2) is 7.25. The van der Waals surface area contributed by atoms with E-state index in [4.69, 9.17) is 0 Å². The van der Waals surface area contributed by atoms with Crippen molar-refractivity contribution in [2.24, 2.45) is 0 Å². The van der Waals surface area contributed by atoms with Crippen LogP contribution in [0.15, 0.2) is 48.5 Å². The number of nitrogens with one attached hydrogen (secondary N) is 1. The van der Waals surface area contributed by atoms with Crippen molar-refractivity contribution in [2.75, 3.05) is 0 Å². The highest BCUT2D eigenvalue weighted by Gasteiger charge is 2.08. The van der Waals surface area contributed by atoms with E-state index < -0.39 is 0 Å². The highest BCUT2D eigenvalue weighted by molar-refractivity contribution is 9.08. The van der Waals surface area contributed by atoms with Crippen molar-refractivity contribution < 1.29 is 4.79 Å². The summed E-state index contributed by atoms with van der Waals surface area (Å²) >= 11 is 3.42. The molecule has 0 saturated heterocycles. The number of benzene rings is 2. The van der Waals surface area contributed by atoms with Gasteiger partial charge >= 0.3 is 0 Å². The van der Waals surface area contributed by atoms with E-state index in [2.05, 4.69) is 40.3 Å². The summed E-state index contributed by atoms with van der Waals surface area (Å²) in [6.45, 7) is 2.62. The summed E-state index contributed by atoms with van der Waals surface area (Å²) in [6.07, 6.45) is 0.865. The van der Waals surface area contributed by atoms with Crippen molar-refractivity contribution in [3.63, 3.8) is 0 Å². The zero-order chi connectivity index (χ0) is 14.4. The molecule has 0 aromatic heterocycles. The van der Waals surface area contributed by atoms with Crippen LogP contribution in [0.25, 0.3) is 0 Å². The van der Waals surface area contributed by atoms with Crippen LogP contribution in [0.5, 0.6) is 0 Å². The van der Waals surface area contributed by atoms with Gasteiger partial charge in [0.05, 0.1) is 0 Å². The maximum absolute atomic E-state index is 12.2. The highest BCUT2D eigenvalue weighted by Crippen LogP contribution is 2.11. The van der Waals surface area contributed by atoms with Crippen molar-refractivity contribution in [3.05, 3.63) is 70.8 Å². The van der Waals surface area contributed by atoms with Gasteiger partial charge in [0.15, 0.2) is 0 Å². The van der Waals surface area contributed by atoms with Crippen LogP contribution < -0.4 is 5.32 Å². The predicted octanol–water partition coefficient (Wildman–Crippen LogP) is 4.07. The zero-order valence-corrected chi connectivity index (χ0v) is 13.1. The molecule has 20 heavy (non-hydrogen) atoms. The lowest BCUT2D eigenvalue weighted by atomic mass is 10.0. The van der Waals surface area contributed by atoms with Crippen molar-refractivity contribution in [3.8, 4) is 0 Å². The standard InChI is InChI=1S/C17H18BrNO/c1-2-15-5-3-4-6-16(15)17(20)19-12-14-9-7-13(11-18)8-10-14/h3-10H,2,11-12H2,1H3,(H,19,20). The number of rotatable bonds is 5. The lowest BCUT2D eigenvalue weighted by Crippen LogP contribution is -2.23. The minimum atomic E-state index is -0.00739. The van der Waals surface area contributed by atoms with Gasteiger partial charge in [-0.05, 0) is 29.2 Å². The average molecular weight is 332 g/mol. The molecule has 0 bridgehead atoms. The smallest absolute Gasteiger partial charge is 0.251 e. The van der Waals surface area contributed by atoms with Crippen molar-refractivity contribution in [1.82, 2.24) is 5.32 Å². The summed E-state index contributed by atoms with van der Waals surface area (Å²) in [5, 5.41) is 3.83. The number of amides is 1. The van der Waals surface area contributed by atoms with Crippen LogP contribution in [0.3, 0.4) is 0 Å². The quantitative estimate of drug-likeness (QED) is 0.822. The summed E-state index contributed by atoms with van der Waals surface area (Å²) in [4.78, 5) is 12.2. The molecule has 0 aliphatic heterocycles. The van der Waals surface area contributed by atoms with Gasteiger partial charge in [-0.1, -0.05) is 65.3 Å². The van der Waals surface area contributed by atoms with E-state index in [1.54, 1.807) is 0 Å². The molecule has 2 aromatic carbocycles. The maximum atomic E-state index is 12.2. The minimum Gasteiger partial charge on any atom is -0.348 e. The molecule has 0 saturated carbocycles. The molecule has 0 aliphatic carbocycles. The molecule has 0 aliphatic rings. The van der Waals surface area contributed by atoms with Gasteiger partial charge in [0.25, 0.3) is 5.91 Å². The van der Waals surface area contributed by atoms with Crippen LogP contribution in [0.1, 0.15) is 34.0 Å². The molecular weight excluding hydrogens is 314 g/mol. The number of aryl methyl sites for hydroxylation is 1. The SMILES string of the molecule is CCc1ccccc1C(=O)NCc1ccc(CBr)cc1. The first-order valence-corrected chi connectivity index (χ1v) is 7.86. The van der Waals surface area contributed by atoms with Gasteiger partial charge in [0.1, 0.15) is 0 Å². The molecule has 0 fully saturated rings. The molecule has 2 rings (SSSR count). The van der Waals surface area contributed by atoms with Gasteiger partial charge in [0.2, 0.25) is 0 Å². The van der Waals surface area contributed by atoms with Crippen molar-refractivity contribution >= 4 is 21.8 Å². The van der Waals surface area contributed by atoms with E-state index in [0.717, 1.165) is 28.4 Å². The van der Waals surface area contributed by atoms with Crippen LogP contribution in [0, 0.1) is 0 Å². The molecule has 1 amide bonds. The van der Waals surface area contributed by atoms with E-state index in [0.29, 0.717) is 6.54 Å². The Morgan fingerprint density at radius 1 is 1.05 bits per heavy atom. The Morgan fingerprint density at radius 2 is 1.70 bits per heavy atom. The number of hydrogen-bond donors (Lipinski definition) is 1. The molecule has 0 radical (unpaired) electrons. The fourth-order valence-electron chi connectivity index (χ4n) is 2.07. The first-order chi connectivity index (χ1) is 9.74. The second-order valence-corrected chi connectivity index (χ2v) is 5.20. The topological polar surface area (TPSA) is 29.1 Å².